The normalized spacial score (nSPS) is 24.6. The number of methoxy groups -OCH3 is 2. The summed E-state index contributed by atoms with van der Waals surface area (Å²) < 4.78 is 10.9. The van der Waals surface area contributed by atoms with Gasteiger partial charge in [0.05, 0.1) is 20.3 Å². The molecule has 2 N–H and O–H groups in total. The van der Waals surface area contributed by atoms with Crippen molar-refractivity contribution in [3.63, 3.8) is 0 Å². The van der Waals surface area contributed by atoms with Gasteiger partial charge >= 0.3 is 0 Å². The van der Waals surface area contributed by atoms with E-state index in [9.17, 15) is 0 Å². The van der Waals surface area contributed by atoms with Crippen LogP contribution in [0.15, 0.2) is 18.2 Å². The summed E-state index contributed by atoms with van der Waals surface area (Å²) in [5.41, 5.74) is 7.17. The first-order valence-corrected chi connectivity index (χ1v) is 7.27. The van der Waals surface area contributed by atoms with Crippen LogP contribution < -0.4 is 15.2 Å². The minimum absolute atomic E-state index is 0.187. The third kappa shape index (κ3) is 2.76. The number of rotatable bonds is 5. The maximum Gasteiger partial charge on any atom is 0.165 e. The lowest BCUT2D eigenvalue weighted by atomic mass is 10.0. The molecule has 112 valence electrons. The zero-order chi connectivity index (χ0) is 14.7. The quantitative estimate of drug-likeness (QED) is 0.898. The minimum Gasteiger partial charge on any atom is -0.493 e. The van der Waals surface area contributed by atoms with Gasteiger partial charge in [0.2, 0.25) is 0 Å². The van der Waals surface area contributed by atoms with Crippen LogP contribution in [-0.4, -0.2) is 38.8 Å². The average Bonchev–Trinajstić information content (AvgIpc) is 2.78. The van der Waals surface area contributed by atoms with Crippen molar-refractivity contribution in [2.75, 3.05) is 33.9 Å². The first-order valence-electron chi connectivity index (χ1n) is 7.27. The number of nitrogens with two attached hydrogens (primary N) is 1. The van der Waals surface area contributed by atoms with Crippen LogP contribution in [0.2, 0.25) is 0 Å². The highest BCUT2D eigenvalue weighted by molar-refractivity contribution is 5.48. The van der Waals surface area contributed by atoms with E-state index in [1.807, 2.05) is 12.1 Å². The molecule has 0 bridgehead atoms. The Kier molecular flexibility index (Phi) is 4.89. The highest BCUT2D eigenvalue weighted by Crippen LogP contribution is 2.38. The molecule has 1 heterocycles. The molecule has 2 rings (SSSR count). The molecule has 0 amide bonds. The van der Waals surface area contributed by atoms with Crippen molar-refractivity contribution >= 4 is 0 Å². The molecule has 3 unspecified atom stereocenters. The van der Waals surface area contributed by atoms with Crippen LogP contribution in [0.4, 0.5) is 0 Å². The van der Waals surface area contributed by atoms with Crippen LogP contribution in [0.1, 0.15) is 25.5 Å². The zero-order valence-corrected chi connectivity index (χ0v) is 12.9. The predicted octanol–water partition coefficient (Wildman–Crippen LogP) is 2.29. The van der Waals surface area contributed by atoms with E-state index in [4.69, 9.17) is 15.2 Å². The van der Waals surface area contributed by atoms with Crippen molar-refractivity contribution in [2.45, 2.75) is 19.9 Å². The second-order valence-corrected chi connectivity index (χ2v) is 5.74. The summed E-state index contributed by atoms with van der Waals surface area (Å²) in [6.07, 6.45) is 0. The van der Waals surface area contributed by atoms with Crippen molar-refractivity contribution < 1.29 is 9.47 Å². The lowest BCUT2D eigenvalue weighted by Gasteiger charge is -2.29. The summed E-state index contributed by atoms with van der Waals surface area (Å²) >= 11 is 0. The Labute approximate surface area is 121 Å². The highest BCUT2D eigenvalue weighted by atomic mass is 16.5. The van der Waals surface area contributed by atoms with Gasteiger partial charge in [-0.05, 0) is 17.9 Å². The molecular weight excluding hydrogens is 252 g/mol. The SMILES string of the molecule is COc1cccc(C(CN)N2CC(C)C(C)C2)c1OC. The predicted molar refractivity (Wildman–Crippen MR) is 81.2 cm³/mol. The molecule has 20 heavy (non-hydrogen) atoms. The first kappa shape index (κ1) is 15.1. The Hall–Kier alpha value is -1.26. The Balaban J connectivity index is 2.32. The molecule has 0 aromatic heterocycles. The monoisotopic (exact) mass is 278 g/mol. The number of hydrogen-bond donors (Lipinski definition) is 1. The summed E-state index contributed by atoms with van der Waals surface area (Å²) in [4.78, 5) is 2.46. The second kappa shape index (κ2) is 6.46. The molecule has 1 aliphatic rings. The van der Waals surface area contributed by atoms with E-state index in [1.165, 1.54) is 0 Å². The molecular formula is C16H26N2O2. The van der Waals surface area contributed by atoms with Crippen molar-refractivity contribution in [3.8, 4) is 11.5 Å². The van der Waals surface area contributed by atoms with Crippen LogP contribution in [0.3, 0.4) is 0 Å². The third-order valence-corrected chi connectivity index (χ3v) is 4.47. The summed E-state index contributed by atoms with van der Waals surface area (Å²) in [7, 11) is 3.35. The Morgan fingerprint density at radius 2 is 1.85 bits per heavy atom. The van der Waals surface area contributed by atoms with E-state index in [0.29, 0.717) is 18.4 Å². The van der Waals surface area contributed by atoms with Gasteiger partial charge in [-0.3, -0.25) is 4.90 Å². The van der Waals surface area contributed by atoms with E-state index >= 15 is 0 Å². The highest BCUT2D eigenvalue weighted by Gasteiger charge is 2.32. The van der Waals surface area contributed by atoms with Crippen molar-refractivity contribution in [1.82, 2.24) is 4.90 Å². The Bertz CT molecular complexity index is 440. The lowest BCUT2D eigenvalue weighted by Crippen LogP contribution is -2.32. The average molecular weight is 278 g/mol. The number of hydrogen-bond acceptors (Lipinski definition) is 4. The number of nitrogens with zero attached hydrogens (tertiary/aromatic N) is 1. The van der Waals surface area contributed by atoms with E-state index in [1.54, 1.807) is 14.2 Å². The summed E-state index contributed by atoms with van der Waals surface area (Å²) in [5.74, 6) is 2.99. The topological polar surface area (TPSA) is 47.7 Å². The Morgan fingerprint density at radius 3 is 2.35 bits per heavy atom. The molecule has 0 radical (unpaired) electrons. The number of likely N-dealkylation sites (tertiary alicyclic amines) is 1. The van der Waals surface area contributed by atoms with Crippen LogP contribution >= 0.6 is 0 Å². The number of ether oxygens (including phenoxy) is 2. The minimum atomic E-state index is 0.187. The van der Waals surface area contributed by atoms with E-state index in [2.05, 4.69) is 24.8 Å². The lowest BCUT2D eigenvalue weighted by molar-refractivity contribution is 0.232. The van der Waals surface area contributed by atoms with Gasteiger partial charge in [0.1, 0.15) is 0 Å². The standard InChI is InChI=1S/C16H26N2O2/c1-11-9-18(10-12(11)2)14(8-17)13-6-5-7-15(19-3)16(13)20-4/h5-7,11-12,14H,8-10,17H2,1-4H3. The fraction of sp³-hybridized carbons (Fsp3) is 0.625. The molecule has 4 heteroatoms. The molecule has 1 saturated heterocycles. The van der Waals surface area contributed by atoms with Crippen LogP contribution in [0.5, 0.6) is 11.5 Å². The van der Waals surface area contributed by atoms with Gasteiger partial charge in [-0.15, -0.1) is 0 Å². The van der Waals surface area contributed by atoms with Gasteiger partial charge in [-0.2, -0.15) is 0 Å². The van der Waals surface area contributed by atoms with E-state index in [0.717, 1.165) is 30.2 Å². The Morgan fingerprint density at radius 1 is 1.20 bits per heavy atom. The van der Waals surface area contributed by atoms with Gasteiger partial charge < -0.3 is 15.2 Å². The molecule has 1 fully saturated rings. The first-order chi connectivity index (χ1) is 9.62. The molecule has 0 saturated carbocycles. The number of benzene rings is 1. The molecule has 0 aliphatic carbocycles. The number of para-hydroxylation sites is 1. The molecule has 0 spiro atoms. The molecule has 3 atom stereocenters. The molecule has 1 aromatic rings. The van der Waals surface area contributed by atoms with Crippen LogP contribution in [-0.2, 0) is 0 Å². The maximum atomic E-state index is 6.05. The zero-order valence-electron chi connectivity index (χ0n) is 12.9. The van der Waals surface area contributed by atoms with Gasteiger partial charge in [-0.1, -0.05) is 26.0 Å². The van der Waals surface area contributed by atoms with Gasteiger partial charge in [0.15, 0.2) is 11.5 Å². The fourth-order valence-corrected chi connectivity index (χ4v) is 3.08. The summed E-state index contributed by atoms with van der Waals surface area (Å²) in [5, 5.41) is 0. The summed E-state index contributed by atoms with van der Waals surface area (Å²) in [6.45, 7) is 7.37. The fourth-order valence-electron chi connectivity index (χ4n) is 3.08. The van der Waals surface area contributed by atoms with E-state index in [-0.39, 0.29) is 6.04 Å². The molecule has 4 nitrogen and oxygen atoms in total. The summed E-state index contributed by atoms with van der Waals surface area (Å²) in [6, 6.07) is 6.20. The van der Waals surface area contributed by atoms with Crippen molar-refractivity contribution in [1.29, 1.82) is 0 Å². The van der Waals surface area contributed by atoms with Gasteiger partial charge in [-0.25, -0.2) is 0 Å². The maximum absolute atomic E-state index is 6.05. The second-order valence-electron chi connectivity index (χ2n) is 5.74. The van der Waals surface area contributed by atoms with Crippen molar-refractivity contribution in [2.24, 2.45) is 17.6 Å². The molecule has 1 aliphatic heterocycles. The van der Waals surface area contributed by atoms with Crippen molar-refractivity contribution in [3.05, 3.63) is 23.8 Å². The largest absolute Gasteiger partial charge is 0.493 e. The van der Waals surface area contributed by atoms with Gasteiger partial charge in [0.25, 0.3) is 0 Å². The molecule has 1 aromatic carbocycles. The van der Waals surface area contributed by atoms with Crippen LogP contribution in [0, 0.1) is 11.8 Å². The smallest absolute Gasteiger partial charge is 0.165 e. The van der Waals surface area contributed by atoms with Crippen LogP contribution in [0.25, 0.3) is 0 Å². The van der Waals surface area contributed by atoms with Gasteiger partial charge in [0, 0.05) is 25.2 Å². The van der Waals surface area contributed by atoms with E-state index < -0.39 is 0 Å². The third-order valence-electron chi connectivity index (χ3n) is 4.47.